The van der Waals surface area contributed by atoms with Crippen LogP contribution in [0, 0.1) is 0 Å². The molecule has 0 aliphatic rings. The van der Waals surface area contributed by atoms with E-state index in [1.165, 1.54) is 6.07 Å². The lowest BCUT2D eigenvalue weighted by Gasteiger charge is -2.17. The molecule has 2 rings (SSSR count). The predicted molar refractivity (Wildman–Crippen MR) is 96.1 cm³/mol. The third kappa shape index (κ3) is 6.03. The molecule has 0 radical (unpaired) electrons. The largest absolute Gasteiger partial charge is 0.483 e. The Balaban J connectivity index is 2.17. The quantitative estimate of drug-likeness (QED) is 0.539. The van der Waals surface area contributed by atoms with Gasteiger partial charge in [0.15, 0.2) is 6.61 Å². The molecule has 0 aliphatic carbocycles. The van der Waals surface area contributed by atoms with Crippen LogP contribution in [-0.2, 0) is 17.1 Å². The van der Waals surface area contributed by atoms with Crippen LogP contribution in [0.4, 0.5) is 32.0 Å². The van der Waals surface area contributed by atoms with Crippen molar-refractivity contribution in [2.75, 3.05) is 11.9 Å². The van der Waals surface area contributed by atoms with E-state index in [4.69, 9.17) is 16.3 Å². The number of carbonyl (C=O) groups excluding carboxylic acids is 1. The Labute approximate surface area is 167 Å². The molecule has 10 heteroatoms. The van der Waals surface area contributed by atoms with Gasteiger partial charge in [0.2, 0.25) is 0 Å². The summed E-state index contributed by atoms with van der Waals surface area (Å²) in [6, 6.07) is 5.33. The van der Waals surface area contributed by atoms with E-state index in [2.05, 4.69) is 5.32 Å². The Hall–Kier alpha value is -2.42. The number of halogens is 7. The van der Waals surface area contributed by atoms with Gasteiger partial charge in [0.05, 0.1) is 21.8 Å². The first kappa shape index (κ1) is 22.9. The monoisotopic (exact) mass is 439 g/mol. The average molecular weight is 440 g/mol. The Morgan fingerprint density at radius 1 is 1.00 bits per heavy atom. The van der Waals surface area contributed by atoms with E-state index in [-0.39, 0.29) is 22.4 Å². The number of alkyl halides is 6. The van der Waals surface area contributed by atoms with Gasteiger partial charge < -0.3 is 10.1 Å². The number of benzene rings is 2. The van der Waals surface area contributed by atoms with E-state index in [0.717, 1.165) is 24.3 Å². The van der Waals surface area contributed by atoms with Gasteiger partial charge >= 0.3 is 12.4 Å². The molecule has 0 atom stereocenters. The molecule has 0 heterocycles. The summed E-state index contributed by atoms with van der Waals surface area (Å²) in [6.07, 6.45) is -9.23. The maximum Gasteiger partial charge on any atom is 0.416 e. The number of ether oxygens (including phenoxy) is 1. The van der Waals surface area contributed by atoms with E-state index in [1.54, 1.807) is 13.8 Å². The molecule has 3 nitrogen and oxygen atoms in total. The lowest BCUT2D eigenvalue weighted by molar-refractivity contribution is -0.138. The van der Waals surface area contributed by atoms with Crippen LogP contribution >= 0.6 is 11.6 Å². The number of amides is 1. The standard InChI is InChI=1S/C19H16ClF6NO2/c1-10(2)13-5-3-12(19(24,25)26)8-16(13)29-9-17(28)27-15-7-11(18(21,22)23)4-6-14(15)20/h3-8,10H,9H2,1-2H3,(H,27,28). The first-order valence-corrected chi connectivity index (χ1v) is 8.67. The Bertz CT molecular complexity index is 893. The van der Waals surface area contributed by atoms with Crippen LogP contribution < -0.4 is 10.1 Å². The Morgan fingerprint density at radius 2 is 1.55 bits per heavy atom. The maximum atomic E-state index is 12.9. The highest BCUT2D eigenvalue weighted by Gasteiger charge is 2.32. The Kier molecular flexibility index (Phi) is 6.72. The normalized spacial score (nSPS) is 12.2. The van der Waals surface area contributed by atoms with Gasteiger partial charge in [-0.15, -0.1) is 0 Å². The first-order chi connectivity index (χ1) is 13.3. The third-order valence-corrected chi connectivity index (χ3v) is 4.22. The average Bonchev–Trinajstić information content (AvgIpc) is 2.59. The smallest absolute Gasteiger partial charge is 0.416 e. The summed E-state index contributed by atoms with van der Waals surface area (Å²) in [5.41, 5.74) is -1.80. The van der Waals surface area contributed by atoms with Gasteiger partial charge in [-0.05, 0) is 41.8 Å². The van der Waals surface area contributed by atoms with E-state index < -0.39 is 36.0 Å². The number of rotatable bonds is 5. The van der Waals surface area contributed by atoms with Gasteiger partial charge in [-0.2, -0.15) is 26.3 Å². The fourth-order valence-corrected chi connectivity index (χ4v) is 2.60. The lowest BCUT2D eigenvalue weighted by atomic mass is 10.00. The highest BCUT2D eigenvalue weighted by atomic mass is 35.5. The summed E-state index contributed by atoms with van der Waals surface area (Å²) < 4.78 is 82.4. The van der Waals surface area contributed by atoms with Crippen LogP contribution in [-0.4, -0.2) is 12.5 Å². The molecule has 0 aliphatic heterocycles. The second-order valence-electron chi connectivity index (χ2n) is 6.43. The number of hydrogen-bond acceptors (Lipinski definition) is 2. The number of carbonyl (C=O) groups is 1. The topological polar surface area (TPSA) is 38.3 Å². The molecule has 0 unspecified atom stereocenters. The van der Waals surface area contributed by atoms with E-state index in [9.17, 15) is 31.1 Å². The van der Waals surface area contributed by atoms with Crippen molar-refractivity contribution in [3.63, 3.8) is 0 Å². The van der Waals surface area contributed by atoms with Crippen LogP contribution in [0.1, 0.15) is 36.5 Å². The molecule has 0 spiro atoms. The minimum atomic E-state index is -4.63. The van der Waals surface area contributed by atoms with Gasteiger partial charge in [0, 0.05) is 0 Å². The molecule has 0 aromatic heterocycles. The number of anilines is 1. The molecular formula is C19H16ClF6NO2. The van der Waals surface area contributed by atoms with Crippen LogP contribution in [0.3, 0.4) is 0 Å². The van der Waals surface area contributed by atoms with E-state index in [1.807, 2.05) is 0 Å². The predicted octanol–water partition coefficient (Wildman–Crippen LogP) is 6.52. The van der Waals surface area contributed by atoms with Crippen molar-refractivity contribution in [3.05, 3.63) is 58.1 Å². The first-order valence-electron chi connectivity index (χ1n) is 8.29. The van der Waals surface area contributed by atoms with Crippen molar-refractivity contribution in [1.29, 1.82) is 0 Å². The molecule has 158 valence electrons. The molecule has 29 heavy (non-hydrogen) atoms. The molecule has 0 saturated heterocycles. The van der Waals surface area contributed by atoms with E-state index in [0.29, 0.717) is 11.6 Å². The third-order valence-electron chi connectivity index (χ3n) is 3.89. The SMILES string of the molecule is CC(C)c1ccc(C(F)(F)F)cc1OCC(=O)Nc1cc(C(F)(F)F)ccc1Cl. The van der Waals surface area contributed by atoms with Gasteiger partial charge in [-0.25, -0.2) is 0 Å². The summed E-state index contributed by atoms with van der Waals surface area (Å²) in [6.45, 7) is 2.75. The van der Waals surface area contributed by atoms with Gasteiger partial charge in [-0.1, -0.05) is 31.5 Å². The van der Waals surface area contributed by atoms with Crippen LogP contribution in [0.15, 0.2) is 36.4 Å². The maximum absolute atomic E-state index is 12.9. The molecule has 1 amide bonds. The molecule has 1 N–H and O–H groups in total. The van der Waals surface area contributed by atoms with Gasteiger partial charge in [-0.3, -0.25) is 4.79 Å². The summed E-state index contributed by atoms with van der Waals surface area (Å²) >= 11 is 5.80. The van der Waals surface area contributed by atoms with Crippen LogP contribution in [0.5, 0.6) is 5.75 Å². The summed E-state index contributed by atoms with van der Waals surface area (Å²) in [5, 5.41) is 2.04. The number of hydrogen-bond donors (Lipinski definition) is 1. The summed E-state index contributed by atoms with van der Waals surface area (Å²) in [7, 11) is 0. The van der Waals surface area contributed by atoms with Crippen molar-refractivity contribution in [2.24, 2.45) is 0 Å². The number of nitrogens with one attached hydrogen (secondary N) is 1. The molecule has 0 fully saturated rings. The van der Waals surface area contributed by atoms with Gasteiger partial charge in [0.1, 0.15) is 5.75 Å². The zero-order valence-electron chi connectivity index (χ0n) is 15.2. The minimum Gasteiger partial charge on any atom is -0.483 e. The second kappa shape index (κ2) is 8.52. The molecule has 0 saturated carbocycles. The van der Waals surface area contributed by atoms with Crippen molar-refractivity contribution in [1.82, 2.24) is 0 Å². The summed E-state index contributed by atoms with van der Waals surface area (Å²) in [5.74, 6) is -1.20. The second-order valence-corrected chi connectivity index (χ2v) is 6.84. The van der Waals surface area contributed by atoms with Crippen molar-refractivity contribution in [2.45, 2.75) is 32.1 Å². The minimum absolute atomic E-state index is 0.131. The fraction of sp³-hybridized carbons (Fsp3) is 0.316. The van der Waals surface area contributed by atoms with E-state index >= 15 is 0 Å². The van der Waals surface area contributed by atoms with Crippen LogP contribution in [0.25, 0.3) is 0 Å². The molecular weight excluding hydrogens is 424 g/mol. The highest BCUT2D eigenvalue weighted by molar-refractivity contribution is 6.33. The molecule has 0 bridgehead atoms. The molecule has 2 aromatic rings. The summed E-state index contributed by atoms with van der Waals surface area (Å²) in [4.78, 5) is 12.1. The van der Waals surface area contributed by atoms with Crippen LogP contribution in [0.2, 0.25) is 5.02 Å². The van der Waals surface area contributed by atoms with Crippen molar-refractivity contribution < 1.29 is 35.9 Å². The fourth-order valence-electron chi connectivity index (χ4n) is 2.44. The lowest BCUT2D eigenvalue weighted by Crippen LogP contribution is -2.21. The molecule has 2 aromatic carbocycles. The van der Waals surface area contributed by atoms with Crippen molar-refractivity contribution >= 4 is 23.2 Å². The zero-order valence-corrected chi connectivity index (χ0v) is 16.0. The Morgan fingerprint density at radius 3 is 2.10 bits per heavy atom. The highest BCUT2D eigenvalue weighted by Crippen LogP contribution is 2.36. The van der Waals surface area contributed by atoms with Gasteiger partial charge in [0.25, 0.3) is 5.91 Å². The zero-order chi connectivity index (χ0) is 22.0. The van der Waals surface area contributed by atoms with Crippen molar-refractivity contribution in [3.8, 4) is 5.75 Å².